The van der Waals surface area contributed by atoms with Gasteiger partial charge in [-0.2, -0.15) is 0 Å². The van der Waals surface area contributed by atoms with Crippen molar-refractivity contribution in [2.45, 2.75) is 13.8 Å². The molecule has 1 fully saturated rings. The van der Waals surface area contributed by atoms with Crippen LogP contribution >= 0.6 is 27.5 Å². The van der Waals surface area contributed by atoms with Crippen LogP contribution in [0.2, 0.25) is 5.02 Å². The van der Waals surface area contributed by atoms with Gasteiger partial charge in [-0.15, -0.1) is 0 Å². The topological polar surface area (TPSA) is 66.4 Å². The van der Waals surface area contributed by atoms with Crippen LogP contribution in [-0.2, 0) is 9.59 Å². The second-order valence-electron chi connectivity index (χ2n) is 5.35. The molecule has 0 saturated heterocycles. The lowest BCUT2D eigenvalue weighted by atomic mass is 10.1. The predicted octanol–water partition coefficient (Wildman–Crippen LogP) is 3.54. The Morgan fingerprint density at radius 3 is 2.45 bits per heavy atom. The van der Waals surface area contributed by atoms with Crippen molar-refractivity contribution in [3.05, 3.63) is 27.4 Å². The Balaban J connectivity index is 2.20. The van der Waals surface area contributed by atoms with Gasteiger partial charge in [0.15, 0.2) is 0 Å². The summed E-state index contributed by atoms with van der Waals surface area (Å²) >= 11 is 8.99. The van der Waals surface area contributed by atoms with E-state index in [-0.39, 0.29) is 10.7 Å². The molecule has 0 spiro atoms. The Labute approximate surface area is 128 Å². The normalized spacial score (nSPS) is 23.2. The van der Waals surface area contributed by atoms with Crippen molar-refractivity contribution in [2.75, 3.05) is 5.32 Å². The van der Waals surface area contributed by atoms with Gasteiger partial charge in [0, 0.05) is 4.47 Å². The molecule has 20 heavy (non-hydrogen) atoms. The second-order valence-corrected chi connectivity index (χ2v) is 6.61. The van der Waals surface area contributed by atoms with Crippen molar-refractivity contribution in [1.29, 1.82) is 0 Å². The number of carboxylic acid groups (broad SMARTS) is 1. The third-order valence-corrected chi connectivity index (χ3v) is 4.55. The monoisotopic (exact) mass is 363 g/mol. The summed E-state index contributed by atoms with van der Waals surface area (Å²) in [6.45, 7) is 3.44. The fourth-order valence-electron chi connectivity index (χ4n) is 2.45. The quantitative estimate of drug-likeness (QED) is 0.862. The van der Waals surface area contributed by atoms with Crippen LogP contribution in [-0.4, -0.2) is 17.0 Å². The number of carboxylic acids is 1. The first-order chi connectivity index (χ1) is 9.16. The van der Waals surface area contributed by atoms with E-state index in [1.54, 1.807) is 13.8 Å². The van der Waals surface area contributed by atoms with E-state index in [2.05, 4.69) is 21.2 Å². The third-order valence-electron chi connectivity index (χ3n) is 3.63. The van der Waals surface area contributed by atoms with Gasteiger partial charge in [0.2, 0.25) is 5.91 Å². The number of carbonyl (C=O) groups is 2. The van der Waals surface area contributed by atoms with Crippen LogP contribution < -0.4 is 5.32 Å². The summed E-state index contributed by atoms with van der Waals surface area (Å²) in [5.41, 5.74) is -0.362. The molecule has 2 atom stereocenters. The maximum absolute atomic E-state index is 13.1. The van der Waals surface area contributed by atoms with E-state index < -0.39 is 34.9 Å². The largest absolute Gasteiger partial charge is 0.481 e. The van der Waals surface area contributed by atoms with Crippen LogP contribution in [0.5, 0.6) is 0 Å². The van der Waals surface area contributed by atoms with E-state index in [9.17, 15) is 14.0 Å². The SMILES string of the molecule is CC1(C)[C@H](C(=O)O)[C@@H]1C(=O)Nc1c(Cl)cc(F)cc1Br. The van der Waals surface area contributed by atoms with Crippen LogP contribution in [0.4, 0.5) is 10.1 Å². The zero-order valence-corrected chi connectivity index (χ0v) is 13.0. The minimum Gasteiger partial charge on any atom is -0.481 e. The molecule has 1 aliphatic rings. The number of carbonyl (C=O) groups excluding carboxylic acids is 1. The van der Waals surface area contributed by atoms with E-state index in [1.807, 2.05) is 0 Å². The first-order valence-corrected chi connectivity index (χ1v) is 7.01. The van der Waals surface area contributed by atoms with Gasteiger partial charge in [-0.05, 0) is 33.5 Å². The van der Waals surface area contributed by atoms with E-state index in [0.717, 1.165) is 6.07 Å². The number of hydrogen-bond acceptors (Lipinski definition) is 2. The Morgan fingerprint density at radius 2 is 2.00 bits per heavy atom. The van der Waals surface area contributed by atoms with Crippen LogP contribution in [0.25, 0.3) is 0 Å². The maximum atomic E-state index is 13.1. The lowest BCUT2D eigenvalue weighted by molar-refractivity contribution is -0.140. The van der Waals surface area contributed by atoms with Crippen LogP contribution in [0.1, 0.15) is 13.8 Å². The fraction of sp³-hybridized carbons (Fsp3) is 0.385. The molecule has 1 amide bonds. The zero-order chi connectivity index (χ0) is 15.2. The molecular weight excluding hydrogens is 353 g/mol. The van der Waals surface area contributed by atoms with Gasteiger partial charge < -0.3 is 10.4 Å². The molecule has 0 radical (unpaired) electrons. The number of rotatable bonds is 3. The molecule has 1 aliphatic carbocycles. The van der Waals surface area contributed by atoms with Gasteiger partial charge in [-0.1, -0.05) is 25.4 Å². The van der Waals surface area contributed by atoms with Crippen LogP contribution in [0.3, 0.4) is 0 Å². The van der Waals surface area contributed by atoms with E-state index in [0.29, 0.717) is 4.47 Å². The number of hydrogen-bond donors (Lipinski definition) is 2. The predicted molar refractivity (Wildman–Crippen MR) is 76.1 cm³/mol. The smallest absolute Gasteiger partial charge is 0.307 e. The standard InChI is InChI=1S/C13H12BrClFNO3/c1-13(2)8(9(13)12(19)20)11(18)17-10-6(14)3-5(16)4-7(10)15/h3-4,8-9H,1-2H3,(H,17,18)(H,19,20)/t8-,9+/m1/s1. The molecule has 2 N–H and O–H groups in total. The zero-order valence-electron chi connectivity index (χ0n) is 10.7. The minimum atomic E-state index is -1.00. The van der Waals surface area contributed by atoms with Crippen molar-refractivity contribution in [3.8, 4) is 0 Å². The highest BCUT2D eigenvalue weighted by molar-refractivity contribution is 9.10. The van der Waals surface area contributed by atoms with Crippen molar-refractivity contribution in [3.63, 3.8) is 0 Å². The average Bonchev–Trinajstić information content (AvgIpc) is 2.86. The first kappa shape index (κ1) is 15.3. The summed E-state index contributed by atoms with van der Waals surface area (Å²) in [5, 5.41) is 11.7. The van der Waals surface area contributed by atoms with E-state index in [4.69, 9.17) is 16.7 Å². The highest BCUT2D eigenvalue weighted by Crippen LogP contribution is 2.58. The van der Waals surface area contributed by atoms with Gasteiger partial charge in [0.1, 0.15) is 5.82 Å². The summed E-state index contributed by atoms with van der Waals surface area (Å²) < 4.78 is 13.4. The molecule has 0 aliphatic heterocycles. The highest BCUT2D eigenvalue weighted by Gasteiger charge is 2.65. The number of halogens is 3. The molecule has 0 bridgehead atoms. The first-order valence-electron chi connectivity index (χ1n) is 5.84. The fourth-order valence-corrected chi connectivity index (χ4v) is 3.35. The summed E-state index contributed by atoms with van der Waals surface area (Å²) in [6.07, 6.45) is 0. The van der Waals surface area contributed by atoms with Crippen LogP contribution in [0.15, 0.2) is 16.6 Å². The molecule has 0 unspecified atom stereocenters. The van der Waals surface area contributed by atoms with E-state index in [1.165, 1.54) is 6.07 Å². The molecule has 1 aromatic rings. The van der Waals surface area contributed by atoms with E-state index >= 15 is 0 Å². The lowest BCUT2D eigenvalue weighted by Gasteiger charge is -2.10. The number of aliphatic carboxylic acids is 1. The van der Waals surface area contributed by atoms with Crippen molar-refractivity contribution >= 4 is 45.1 Å². The number of anilines is 1. The number of amides is 1. The molecule has 0 heterocycles. The molecular formula is C13H12BrClFNO3. The lowest BCUT2D eigenvalue weighted by Crippen LogP contribution is -2.18. The average molecular weight is 365 g/mol. The van der Waals surface area contributed by atoms with Gasteiger partial charge in [-0.25, -0.2) is 4.39 Å². The Kier molecular flexibility index (Phi) is 3.81. The number of nitrogens with one attached hydrogen (secondary N) is 1. The molecule has 1 saturated carbocycles. The minimum absolute atomic E-state index is 0.0514. The third kappa shape index (κ3) is 2.54. The number of benzene rings is 1. The van der Waals surface area contributed by atoms with Gasteiger partial charge in [-0.3, -0.25) is 9.59 Å². The molecule has 7 heteroatoms. The summed E-state index contributed by atoms with van der Waals surface area (Å²) in [5.74, 6) is -3.32. The van der Waals surface area contributed by atoms with Crippen molar-refractivity contribution < 1.29 is 19.1 Å². The summed E-state index contributed by atoms with van der Waals surface area (Å²) in [7, 11) is 0. The molecule has 1 aromatic carbocycles. The van der Waals surface area contributed by atoms with Gasteiger partial charge >= 0.3 is 5.97 Å². The molecule has 4 nitrogen and oxygen atoms in total. The van der Waals surface area contributed by atoms with Crippen molar-refractivity contribution in [1.82, 2.24) is 0 Å². The molecule has 2 rings (SSSR count). The van der Waals surface area contributed by atoms with Gasteiger partial charge in [0.25, 0.3) is 0 Å². The Morgan fingerprint density at radius 1 is 1.40 bits per heavy atom. The Hall–Kier alpha value is -1.14. The van der Waals surface area contributed by atoms with Crippen LogP contribution in [0, 0.1) is 23.1 Å². The highest BCUT2D eigenvalue weighted by atomic mass is 79.9. The van der Waals surface area contributed by atoms with Gasteiger partial charge in [0.05, 0.1) is 22.5 Å². The summed E-state index contributed by atoms with van der Waals surface area (Å²) in [4.78, 5) is 23.2. The Bertz CT molecular complexity index is 582. The maximum Gasteiger partial charge on any atom is 0.307 e. The second kappa shape index (κ2) is 5.00. The molecule has 108 valence electrons. The molecule has 0 aromatic heterocycles. The summed E-state index contributed by atoms with van der Waals surface area (Å²) in [6, 6.07) is 2.25. The van der Waals surface area contributed by atoms with Crippen molar-refractivity contribution in [2.24, 2.45) is 17.3 Å².